The van der Waals surface area contributed by atoms with E-state index in [0.29, 0.717) is 29.0 Å². The molecule has 2 heterocycles. The van der Waals surface area contributed by atoms with Crippen LogP contribution in [0.3, 0.4) is 0 Å². The standard InChI is InChI=1S/C25H30NO5/c1-5-29-20-10-7-17(8-11-20)6-9-19(27)15-21-23-18(12-13-26(21,2)3)14-22-24(25(23)28-4)31-16-30-22/h6-11,14,21H,5,12-13,15-16H2,1-4H3/q+1/b9-6-/t21-/m1/s1. The lowest BCUT2D eigenvalue weighted by Gasteiger charge is -2.43. The molecule has 0 saturated carbocycles. The summed E-state index contributed by atoms with van der Waals surface area (Å²) in [6, 6.07) is 9.76. The molecule has 0 N–H and O–H groups in total. The topological polar surface area (TPSA) is 54.0 Å². The Labute approximate surface area is 183 Å². The molecule has 4 rings (SSSR count). The number of allylic oxidation sites excluding steroid dienone is 1. The van der Waals surface area contributed by atoms with Crippen molar-refractivity contribution in [3.63, 3.8) is 0 Å². The Hall–Kier alpha value is -2.99. The number of likely N-dealkylation sites (N-methyl/N-ethyl adjacent to an activating group) is 1. The van der Waals surface area contributed by atoms with E-state index in [4.69, 9.17) is 18.9 Å². The molecule has 0 amide bonds. The Morgan fingerprint density at radius 3 is 2.71 bits per heavy atom. The smallest absolute Gasteiger partial charge is 0.231 e. The van der Waals surface area contributed by atoms with Crippen LogP contribution in [0.2, 0.25) is 0 Å². The summed E-state index contributed by atoms with van der Waals surface area (Å²) in [5.74, 6) is 2.98. The largest absolute Gasteiger partial charge is 0.494 e. The molecular weight excluding hydrogens is 394 g/mol. The number of fused-ring (bicyclic) bond motifs is 2. The molecule has 1 atom stereocenters. The first-order valence-electron chi connectivity index (χ1n) is 10.7. The van der Waals surface area contributed by atoms with Crippen LogP contribution in [0.25, 0.3) is 6.08 Å². The Balaban J connectivity index is 1.58. The summed E-state index contributed by atoms with van der Waals surface area (Å²) in [5, 5.41) is 0. The van der Waals surface area contributed by atoms with E-state index < -0.39 is 0 Å². The number of ether oxygens (including phenoxy) is 4. The van der Waals surface area contributed by atoms with Gasteiger partial charge in [0, 0.05) is 6.42 Å². The van der Waals surface area contributed by atoms with Crippen LogP contribution in [0.5, 0.6) is 23.0 Å². The van der Waals surface area contributed by atoms with Gasteiger partial charge in [0.15, 0.2) is 17.3 Å². The molecule has 0 aliphatic carbocycles. The lowest BCUT2D eigenvalue weighted by Crippen LogP contribution is -2.48. The number of methoxy groups -OCH3 is 1. The summed E-state index contributed by atoms with van der Waals surface area (Å²) in [6.07, 6.45) is 4.83. The Morgan fingerprint density at radius 2 is 2.00 bits per heavy atom. The maximum absolute atomic E-state index is 13.0. The van der Waals surface area contributed by atoms with Crippen LogP contribution in [0.1, 0.15) is 36.1 Å². The molecule has 2 aromatic rings. The second kappa shape index (κ2) is 8.63. The highest BCUT2D eigenvalue weighted by atomic mass is 16.7. The van der Waals surface area contributed by atoms with Gasteiger partial charge in [-0.05, 0) is 42.3 Å². The maximum Gasteiger partial charge on any atom is 0.231 e. The molecule has 0 radical (unpaired) electrons. The van der Waals surface area contributed by atoms with Gasteiger partial charge in [-0.15, -0.1) is 0 Å². The summed E-state index contributed by atoms with van der Waals surface area (Å²) >= 11 is 0. The number of rotatable bonds is 7. The minimum Gasteiger partial charge on any atom is -0.494 e. The monoisotopic (exact) mass is 424 g/mol. The van der Waals surface area contributed by atoms with Crippen molar-refractivity contribution in [1.82, 2.24) is 0 Å². The Morgan fingerprint density at radius 1 is 1.23 bits per heavy atom. The zero-order valence-corrected chi connectivity index (χ0v) is 18.6. The molecule has 2 aromatic carbocycles. The molecular formula is C25H30NO5+. The van der Waals surface area contributed by atoms with Gasteiger partial charge in [0.05, 0.1) is 46.3 Å². The molecule has 0 fully saturated rings. The van der Waals surface area contributed by atoms with E-state index in [9.17, 15) is 4.79 Å². The molecule has 0 spiro atoms. The number of carbonyl (C=O) groups excluding carboxylic acids is 1. The van der Waals surface area contributed by atoms with Crippen molar-refractivity contribution in [2.24, 2.45) is 0 Å². The first kappa shape index (κ1) is 21.2. The molecule has 0 aromatic heterocycles. The van der Waals surface area contributed by atoms with Gasteiger partial charge >= 0.3 is 0 Å². The Kier molecular flexibility index (Phi) is 5.92. The summed E-state index contributed by atoms with van der Waals surface area (Å²) < 4.78 is 23.2. The lowest BCUT2D eigenvalue weighted by molar-refractivity contribution is -0.922. The zero-order valence-electron chi connectivity index (χ0n) is 18.6. The van der Waals surface area contributed by atoms with Crippen molar-refractivity contribution >= 4 is 11.9 Å². The highest BCUT2D eigenvalue weighted by molar-refractivity contribution is 5.94. The van der Waals surface area contributed by atoms with E-state index >= 15 is 0 Å². The van der Waals surface area contributed by atoms with Gasteiger partial charge < -0.3 is 23.4 Å². The van der Waals surface area contributed by atoms with Crippen LogP contribution < -0.4 is 18.9 Å². The first-order chi connectivity index (χ1) is 14.9. The number of hydrogen-bond acceptors (Lipinski definition) is 5. The average molecular weight is 425 g/mol. The molecule has 0 bridgehead atoms. The minimum atomic E-state index is -0.0225. The van der Waals surface area contributed by atoms with Crippen molar-refractivity contribution in [2.45, 2.75) is 25.8 Å². The van der Waals surface area contributed by atoms with E-state index in [2.05, 4.69) is 14.1 Å². The van der Waals surface area contributed by atoms with E-state index in [-0.39, 0.29) is 18.6 Å². The van der Waals surface area contributed by atoms with Crippen LogP contribution >= 0.6 is 0 Å². The predicted molar refractivity (Wildman–Crippen MR) is 119 cm³/mol. The van der Waals surface area contributed by atoms with E-state index in [0.717, 1.165) is 35.6 Å². The van der Waals surface area contributed by atoms with Crippen LogP contribution in [-0.2, 0) is 11.2 Å². The van der Waals surface area contributed by atoms with Gasteiger partial charge in [0.2, 0.25) is 12.5 Å². The molecule has 0 saturated heterocycles. The van der Waals surface area contributed by atoms with Crippen molar-refractivity contribution in [1.29, 1.82) is 0 Å². The number of hydrogen-bond donors (Lipinski definition) is 0. The number of benzene rings is 2. The molecule has 6 heteroatoms. The van der Waals surface area contributed by atoms with Gasteiger partial charge in [0.1, 0.15) is 11.8 Å². The van der Waals surface area contributed by atoms with Crippen molar-refractivity contribution in [3.8, 4) is 23.0 Å². The van der Waals surface area contributed by atoms with Crippen LogP contribution in [0, 0.1) is 0 Å². The molecule has 0 unspecified atom stereocenters. The molecule has 2 aliphatic rings. The van der Waals surface area contributed by atoms with Crippen molar-refractivity contribution in [2.75, 3.05) is 41.1 Å². The summed E-state index contributed by atoms with van der Waals surface area (Å²) in [6.45, 7) is 3.73. The molecule has 164 valence electrons. The Bertz CT molecular complexity index is 994. The summed E-state index contributed by atoms with van der Waals surface area (Å²) in [4.78, 5) is 13.0. The quantitative estimate of drug-likeness (QED) is 0.493. The highest BCUT2D eigenvalue weighted by Crippen LogP contribution is 2.51. The molecule has 2 aliphatic heterocycles. The number of nitrogens with zero attached hydrogens (tertiary/aromatic N) is 1. The van der Waals surface area contributed by atoms with Crippen LogP contribution in [0.4, 0.5) is 0 Å². The average Bonchev–Trinajstić information content (AvgIpc) is 3.22. The van der Waals surface area contributed by atoms with E-state index in [1.165, 1.54) is 5.56 Å². The van der Waals surface area contributed by atoms with Gasteiger partial charge in [-0.2, -0.15) is 0 Å². The fraction of sp³-hybridized carbons (Fsp3) is 0.400. The first-order valence-corrected chi connectivity index (χ1v) is 10.7. The highest BCUT2D eigenvalue weighted by Gasteiger charge is 2.41. The third kappa shape index (κ3) is 4.26. The number of carbonyl (C=O) groups is 1. The second-order valence-corrected chi connectivity index (χ2v) is 8.49. The van der Waals surface area contributed by atoms with Gasteiger partial charge in [-0.25, -0.2) is 0 Å². The number of ketones is 1. The van der Waals surface area contributed by atoms with Gasteiger partial charge in [-0.3, -0.25) is 4.79 Å². The van der Waals surface area contributed by atoms with E-state index in [1.54, 1.807) is 13.2 Å². The summed E-state index contributed by atoms with van der Waals surface area (Å²) in [7, 11) is 5.99. The van der Waals surface area contributed by atoms with Gasteiger partial charge in [0.25, 0.3) is 0 Å². The minimum absolute atomic E-state index is 0.0225. The lowest BCUT2D eigenvalue weighted by atomic mass is 9.86. The fourth-order valence-corrected chi connectivity index (χ4v) is 4.40. The number of quaternary nitrogens is 1. The SMILES string of the molecule is CCOc1ccc(/C=C\C(=O)C[C@@H]2c3c(cc4c(c3OC)OCO4)CC[N+]2(C)C)cc1. The van der Waals surface area contributed by atoms with Crippen LogP contribution in [-0.4, -0.2) is 51.4 Å². The molecule has 31 heavy (non-hydrogen) atoms. The van der Waals surface area contributed by atoms with Crippen molar-refractivity contribution in [3.05, 3.63) is 53.1 Å². The fourth-order valence-electron chi connectivity index (χ4n) is 4.40. The zero-order chi connectivity index (χ0) is 22.0. The second-order valence-electron chi connectivity index (χ2n) is 8.49. The van der Waals surface area contributed by atoms with Gasteiger partial charge in [-0.1, -0.05) is 18.2 Å². The summed E-state index contributed by atoms with van der Waals surface area (Å²) in [5.41, 5.74) is 3.20. The third-order valence-electron chi connectivity index (χ3n) is 6.13. The van der Waals surface area contributed by atoms with Crippen LogP contribution in [0.15, 0.2) is 36.4 Å². The molecule has 6 nitrogen and oxygen atoms in total. The van der Waals surface area contributed by atoms with Crippen molar-refractivity contribution < 1.29 is 28.2 Å². The normalized spacial score (nSPS) is 18.6. The van der Waals surface area contributed by atoms with E-state index in [1.807, 2.05) is 43.3 Å². The predicted octanol–water partition coefficient (Wildman–Crippen LogP) is 4.17. The third-order valence-corrected chi connectivity index (χ3v) is 6.13. The maximum atomic E-state index is 13.0.